The fraction of sp³-hybridized carbons (Fsp3) is 0.545. The van der Waals surface area contributed by atoms with Gasteiger partial charge in [0.25, 0.3) is 0 Å². The standard InChI is InChI=1S/C33H46O3/c1-4-9-27-11-13-28(14-12-27)15-16-29-17-21-32(22-18-29)36-33(34)30-19-23-31(24-20-30)35-25-8-6-7-10-26(3)5-2/h4,17-24,26-28H,1,5-16,25H2,2-3H3. The Morgan fingerprint density at radius 3 is 2.28 bits per heavy atom. The molecular weight excluding hydrogens is 444 g/mol. The number of allylic oxidation sites excluding steroid dienone is 1. The monoisotopic (exact) mass is 490 g/mol. The first kappa shape index (κ1) is 28.0. The summed E-state index contributed by atoms with van der Waals surface area (Å²) in [5, 5.41) is 0. The van der Waals surface area contributed by atoms with Crippen molar-refractivity contribution in [1.29, 1.82) is 0 Å². The summed E-state index contributed by atoms with van der Waals surface area (Å²) >= 11 is 0. The normalized spacial score (nSPS) is 18.4. The molecule has 3 nitrogen and oxygen atoms in total. The summed E-state index contributed by atoms with van der Waals surface area (Å²) < 4.78 is 11.4. The minimum Gasteiger partial charge on any atom is -0.494 e. The predicted octanol–water partition coefficient (Wildman–Crippen LogP) is 9.21. The van der Waals surface area contributed by atoms with Crippen molar-refractivity contribution in [2.24, 2.45) is 17.8 Å². The Bertz CT molecular complexity index is 892. The Morgan fingerprint density at radius 1 is 0.944 bits per heavy atom. The molecule has 0 bridgehead atoms. The number of benzene rings is 2. The van der Waals surface area contributed by atoms with Crippen LogP contribution < -0.4 is 9.47 Å². The van der Waals surface area contributed by atoms with E-state index in [0.29, 0.717) is 17.9 Å². The molecule has 1 fully saturated rings. The predicted molar refractivity (Wildman–Crippen MR) is 150 cm³/mol. The molecule has 2 aromatic rings. The van der Waals surface area contributed by atoms with Crippen LogP contribution >= 0.6 is 0 Å². The van der Waals surface area contributed by atoms with E-state index in [-0.39, 0.29) is 5.97 Å². The zero-order valence-corrected chi connectivity index (χ0v) is 22.6. The first-order valence-electron chi connectivity index (χ1n) is 14.2. The van der Waals surface area contributed by atoms with Crippen molar-refractivity contribution in [1.82, 2.24) is 0 Å². The second kappa shape index (κ2) is 15.5. The van der Waals surface area contributed by atoms with Crippen molar-refractivity contribution in [3.8, 4) is 11.5 Å². The third-order valence-electron chi connectivity index (χ3n) is 7.84. The fourth-order valence-electron chi connectivity index (χ4n) is 5.11. The highest BCUT2D eigenvalue weighted by molar-refractivity contribution is 5.91. The lowest BCUT2D eigenvalue weighted by atomic mass is 9.78. The highest BCUT2D eigenvalue weighted by Crippen LogP contribution is 2.33. The van der Waals surface area contributed by atoms with Crippen LogP contribution in [0.1, 0.15) is 100 Å². The summed E-state index contributed by atoms with van der Waals surface area (Å²) in [7, 11) is 0. The van der Waals surface area contributed by atoms with Crippen LogP contribution in [0.2, 0.25) is 0 Å². The van der Waals surface area contributed by atoms with Crippen molar-refractivity contribution in [3.63, 3.8) is 0 Å². The maximum absolute atomic E-state index is 12.6. The quantitative estimate of drug-likeness (QED) is 0.108. The molecule has 1 aliphatic carbocycles. The molecule has 0 aromatic heterocycles. The smallest absolute Gasteiger partial charge is 0.343 e. The van der Waals surface area contributed by atoms with E-state index in [1.165, 1.54) is 69.8 Å². The van der Waals surface area contributed by atoms with E-state index >= 15 is 0 Å². The van der Waals surface area contributed by atoms with Gasteiger partial charge in [-0.15, -0.1) is 6.58 Å². The number of ether oxygens (including phenoxy) is 2. The van der Waals surface area contributed by atoms with Gasteiger partial charge in [0.1, 0.15) is 11.5 Å². The average Bonchev–Trinajstić information content (AvgIpc) is 2.91. The van der Waals surface area contributed by atoms with Gasteiger partial charge in [-0.2, -0.15) is 0 Å². The topological polar surface area (TPSA) is 35.5 Å². The third kappa shape index (κ3) is 9.84. The van der Waals surface area contributed by atoms with Gasteiger partial charge in [-0.1, -0.05) is 70.6 Å². The highest BCUT2D eigenvalue weighted by Gasteiger charge is 2.20. The minimum atomic E-state index is -0.337. The van der Waals surface area contributed by atoms with Crippen LogP contribution in [0.3, 0.4) is 0 Å². The Balaban J connectivity index is 1.35. The maximum Gasteiger partial charge on any atom is 0.343 e. The van der Waals surface area contributed by atoms with Crippen LogP contribution in [0.4, 0.5) is 0 Å². The minimum absolute atomic E-state index is 0.337. The summed E-state index contributed by atoms with van der Waals surface area (Å²) in [6, 6.07) is 15.3. The molecule has 0 spiro atoms. The van der Waals surface area contributed by atoms with Gasteiger partial charge in [0.15, 0.2) is 0 Å². The molecule has 36 heavy (non-hydrogen) atoms. The molecule has 1 aliphatic rings. The van der Waals surface area contributed by atoms with E-state index in [2.05, 4.69) is 38.6 Å². The van der Waals surface area contributed by atoms with E-state index in [9.17, 15) is 4.79 Å². The number of hydrogen-bond donors (Lipinski definition) is 0. The summed E-state index contributed by atoms with van der Waals surface area (Å²) in [5.74, 6) is 3.56. The van der Waals surface area contributed by atoms with Crippen LogP contribution in [0.25, 0.3) is 0 Å². The van der Waals surface area contributed by atoms with Crippen LogP contribution in [-0.4, -0.2) is 12.6 Å². The molecule has 0 heterocycles. The fourth-order valence-corrected chi connectivity index (χ4v) is 5.11. The first-order valence-corrected chi connectivity index (χ1v) is 14.2. The number of unbranched alkanes of at least 4 members (excludes halogenated alkanes) is 2. The SMILES string of the molecule is C=CCC1CCC(CCc2ccc(OC(=O)c3ccc(OCCCCCC(C)CC)cc3)cc2)CC1. The van der Waals surface area contributed by atoms with E-state index < -0.39 is 0 Å². The van der Waals surface area contributed by atoms with E-state index in [4.69, 9.17) is 9.47 Å². The maximum atomic E-state index is 12.6. The van der Waals surface area contributed by atoms with Gasteiger partial charge in [0, 0.05) is 0 Å². The number of carbonyl (C=O) groups excluding carboxylic acids is 1. The number of aryl methyl sites for hydroxylation is 1. The molecular formula is C33H46O3. The van der Waals surface area contributed by atoms with Gasteiger partial charge in [0.05, 0.1) is 12.2 Å². The number of rotatable bonds is 15. The van der Waals surface area contributed by atoms with Gasteiger partial charge in [-0.25, -0.2) is 4.79 Å². The zero-order chi connectivity index (χ0) is 25.6. The molecule has 0 aliphatic heterocycles. The summed E-state index contributed by atoms with van der Waals surface area (Å²) in [6.07, 6.45) is 17.0. The largest absolute Gasteiger partial charge is 0.494 e. The van der Waals surface area contributed by atoms with Gasteiger partial charge in [-0.3, -0.25) is 0 Å². The molecule has 1 unspecified atom stereocenters. The number of esters is 1. The first-order chi connectivity index (χ1) is 17.6. The van der Waals surface area contributed by atoms with Crippen molar-refractivity contribution in [3.05, 3.63) is 72.3 Å². The van der Waals surface area contributed by atoms with E-state index in [1.807, 2.05) is 24.3 Å². The van der Waals surface area contributed by atoms with Gasteiger partial charge < -0.3 is 9.47 Å². The van der Waals surface area contributed by atoms with Crippen LogP contribution in [0, 0.1) is 17.8 Å². The van der Waals surface area contributed by atoms with Crippen molar-refractivity contribution in [2.75, 3.05) is 6.61 Å². The molecule has 3 rings (SSSR count). The molecule has 0 radical (unpaired) electrons. The van der Waals surface area contributed by atoms with Crippen molar-refractivity contribution >= 4 is 5.97 Å². The Kier molecular flexibility index (Phi) is 12.1. The molecule has 196 valence electrons. The van der Waals surface area contributed by atoms with Crippen molar-refractivity contribution in [2.45, 2.75) is 90.9 Å². The molecule has 2 aromatic carbocycles. The number of carbonyl (C=O) groups is 1. The lowest BCUT2D eigenvalue weighted by Gasteiger charge is -2.27. The molecule has 0 amide bonds. The molecule has 0 saturated heterocycles. The Morgan fingerprint density at radius 2 is 1.61 bits per heavy atom. The van der Waals surface area contributed by atoms with Gasteiger partial charge >= 0.3 is 5.97 Å². The highest BCUT2D eigenvalue weighted by atomic mass is 16.5. The third-order valence-corrected chi connectivity index (χ3v) is 7.84. The molecule has 1 saturated carbocycles. The van der Waals surface area contributed by atoms with Crippen LogP contribution in [0.15, 0.2) is 61.2 Å². The van der Waals surface area contributed by atoms with Crippen molar-refractivity contribution < 1.29 is 14.3 Å². The lowest BCUT2D eigenvalue weighted by molar-refractivity contribution is 0.0734. The second-order valence-electron chi connectivity index (χ2n) is 10.7. The Labute approximate surface area is 219 Å². The van der Waals surface area contributed by atoms with Crippen LogP contribution in [0.5, 0.6) is 11.5 Å². The van der Waals surface area contributed by atoms with Gasteiger partial charge in [0.2, 0.25) is 0 Å². The summed E-state index contributed by atoms with van der Waals surface area (Å²) in [4.78, 5) is 12.6. The van der Waals surface area contributed by atoms with Gasteiger partial charge in [-0.05, 0) is 98.2 Å². The second-order valence-corrected chi connectivity index (χ2v) is 10.7. The average molecular weight is 491 g/mol. The number of hydrogen-bond acceptors (Lipinski definition) is 3. The lowest BCUT2D eigenvalue weighted by Crippen LogP contribution is -2.14. The summed E-state index contributed by atoms with van der Waals surface area (Å²) in [5.41, 5.74) is 1.84. The van der Waals surface area contributed by atoms with E-state index in [1.54, 1.807) is 12.1 Å². The Hall–Kier alpha value is -2.55. The van der Waals surface area contributed by atoms with Crippen LogP contribution in [-0.2, 0) is 6.42 Å². The molecule has 1 atom stereocenters. The van der Waals surface area contributed by atoms with E-state index in [0.717, 1.165) is 36.3 Å². The molecule has 3 heteroatoms. The zero-order valence-electron chi connectivity index (χ0n) is 22.6. The summed E-state index contributed by atoms with van der Waals surface area (Å²) in [6.45, 7) is 9.17. The molecule has 0 N–H and O–H groups in total.